The normalized spacial score (nSPS) is 11.6. The Balaban J connectivity index is 1.35. The minimum atomic E-state index is 0.940. The lowest BCUT2D eigenvalue weighted by Crippen LogP contribution is -1.88. The number of hydrogen-bond acceptors (Lipinski definition) is 3. The molecule has 154 valence electrons. The highest BCUT2D eigenvalue weighted by Gasteiger charge is 2.14. The summed E-state index contributed by atoms with van der Waals surface area (Å²) in [6.07, 6.45) is 0. The topological polar surface area (TPSA) is 25.8 Å². The fourth-order valence-corrected chi connectivity index (χ4v) is 5.68. The van der Waals surface area contributed by atoms with Crippen molar-refractivity contribution >= 4 is 43.7 Å². The van der Waals surface area contributed by atoms with Crippen LogP contribution in [0.25, 0.3) is 64.6 Å². The predicted molar refractivity (Wildman–Crippen MR) is 140 cm³/mol. The van der Waals surface area contributed by atoms with Crippen molar-refractivity contribution < 1.29 is 0 Å². The van der Waals surface area contributed by atoms with Crippen LogP contribution >= 0.6 is 11.3 Å². The van der Waals surface area contributed by atoms with Crippen LogP contribution in [-0.4, -0.2) is 10.2 Å². The van der Waals surface area contributed by atoms with Crippen molar-refractivity contribution in [2.45, 2.75) is 0 Å². The average molecular weight is 439 g/mol. The number of nitrogens with zero attached hydrogens (tertiary/aromatic N) is 2. The van der Waals surface area contributed by atoms with Crippen LogP contribution in [0, 0.1) is 0 Å². The van der Waals surface area contributed by atoms with Gasteiger partial charge in [0.05, 0.1) is 0 Å². The SMILES string of the molecule is c1ccc(-c2nnc(-c3ccc(-c4cc5cccc6ccc7cccc4c7c65)cc3)s2)cc1. The Hall–Kier alpha value is -4.08. The van der Waals surface area contributed by atoms with Crippen LogP contribution in [-0.2, 0) is 0 Å². The summed E-state index contributed by atoms with van der Waals surface area (Å²) in [5.74, 6) is 0. The fraction of sp³-hybridized carbons (Fsp3) is 0. The van der Waals surface area contributed by atoms with Gasteiger partial charge >= 0.3 is 0 Å². The Morgan fingerprint density at radius 2 is 1.06 bits per heavy atom. The summed E-state index contributed by atoms with van der Waals surface area (Å²) in [4.78, 5) is 0. The summed E-state index contributed by atoms with van der Waals surface area (Å²) >= 11 is 1.63. The van der Waals surface area contributed by atoms with Crippen molar-refractivity contribution in [2.75, 3.05) is 0 Å². The number of benzene rings is 6. The number of hydrogen-bond donors (Lipinski definition) is 0. The van der Waals surface area contributed by atoms with Gasteiger partial charge in [0, 0.05) is 11.1 Å². The molecular weight excluding hydrogens is 420 g/mol. The Morgan fingerprint density at radius 1 is 0.455 bits per heavy atom. The van der Waals surface area contributed by atoms with Gasteiger partial charge in [-0.25, -0.2) is 0 Å². The van der Waals surface area contributed by atoms with Gasteiger partial charge in [0.2, 0.25) is 0 Å². The lowest BCUT2D eigenvalue weighted by molar-refractivity contribution is 1.10. The van der Waals surface area contributed by atoms with Gasteiger partial charge in [-0.2, -0.15) is 0 Å². The van der Waals surface area contributed by atoms with Gasteiger partial charge in [0.1, 0.15) is 10.0 Å². The first-order chi connectivity index (χ1) is 16.3. The second kappa shape index (κ2) is 7.22. The van der Waals surface area contributed by atoms with Crippen molar-refractivity contribution in [3.63, 3.8) is 0 Å². The Morgan fingerprint density at radius 3 is 1.82 bits per heavy atom. The molecule has 0 amide bonds. The van der Waals surface area contributed by atoms with E-state index in [-0.39, 0.29) is 0 Å². The molecule has 0 atom stereocenters. The standard InChI is InChI=1S/C30H18N2S/c1-2-6-22(7-3-1)29-31-32-30(33-29)23-16-12-19(13-17-23)26-18-24-10-4-8-20-14-15-21-9-5-11-25(26)28(21)27(20)24/h1-18H. The molecule has 6 aromatic carbocycles. The lowest BCUT2D eigenvalue weighted by atomic mass is 9.89. The fourth-order valence-electron chi connectivity index (χ4n) is 4.83. The van der Waals surface area contributed by atoms with E-state index >= 15 is 0 Å². The molecular formula is C30H18N2S. The number of aromatic nitrogens is 2. The third-order valence-corrected chi connectivity index (χ3v) is 7.42. The summed E-state index contributed by atoms with van der Waals surface area (Å²) < 4.78 is 0. The molecule has 1 heterocycles. The third kappa shape index (κ3) is 2.94. The van der Waals surface area contributed by atoms with E-state index in [0.717, 1.165) is 21.1 Å². The molecule has 3 heteroatoms. The van der Waals surface area contributed by atoms with Crippen LogP contribution in [0.3, 0.4) is 0 Å². The molecule has 1 aromatic heterocycles. The summed E-state index contributed by atoms with van der Waals surface area (Å²) in [6, 6.07) is 38.9. The monoisotopic (exact) mass is 438 g/mol. The second-order valence-corrected chi connectivity index (χ2v) is 9.31. The van der Waals surface area contributed by atoms with E-state index in [1.807, 2.05) is 18.2 Å². The average Bonchev–Trinajstić information content (AvgIpc) is 3.38. The molecule has 0 spiro atoms. The Labute approximate surface area is 195 Å². The van der Waals surface area contributed by atoms with Crippen LogP contribution in [0.5, 0.6) is 0 Å². The van der Waals surface area contributed by atoms with Crippen LogP contribution in [0.4, 0.5) is 0 Å². The molecule has 33 heavy (non-hydrogen) atoms. The molecule has 0 N–H and O–H groups in total. The maximum atomic E-state index is 4.45. The van der Waals surface area contributed by atoms with Gasteiger partial charge in [-0.3, -0.25) is 0 Å². The largest absolute Gasteiger partial charge is 0.148 e. The van der Waals surface area contributed by atoms with E-state index in [9.17, 15) is 0 Å². The van der Waals surface area contributed by atoms with Crippen LogP contribution < -0.4 is 0 Å². The highest BCUT2D eigenvalue weighted by Crippen LogP contribution is 2.40. The van der Waals surface area contributed by atoms with Gasteiger partial charge in [0.15, 0.2) is 0 Å². The molecule has 7 aromatic rings. The van der Waals surface area contributed by atoms with Gasteiger partial charge in [0.25, 0.3) is 0 Å². The van der Waals surface area contributed by atoms with Gasteiger partial charge in [-0.1, -0.05) is 114 Å². The molecule has 0 aliphatic heterocycles. The van der Waals surface area contributed by atoms with E-state index in [1.54, 1.807) is 11.3 Å². The Bertz CT molecular complexity index is 1750. The lowest BCUT2D eigenvalue weighted by Gasteiger charge is -2.15. The summed E-state index contributed by atoms with van der Waals surface area (Å²) in [5.41, 5.74) is 4.67. The third-order valence-electron chi connectivity index (χ3n) is 6.40. The first kappa shape index (κ1) is 18.5. The zero-order valence-corrected chi connectivity index (χ0v) is 18.5. The molecule has 0 fully saturated rings. The molecule has 0 saturated heterocycles. The Kier molecular flexibility index (Phi) is 4.05. The van der Waals surface area contributed by atoms with Crippen molar-refractivity contribution in [1.29, 1.82) is 0 Å². The number of rotatable bonds is 3. The molecule has 0 aliphatic rings. The molecule has 7 rings (SSSR count). The summed E-state index contributed by atoms with van der Waals surface area (Å²) in [7, 11) is 0. The van der Waals surface area contributed by atoms with Crippen molar-refractivity contribution in [1.82, 2.24) is 10.2 Å². The van der Waals surface area contributed by atoms with Gasteiger partial charge < -0.3 is 0 Å². The molecule has 0 aliphatic carbocycles. The zero-order valence-electron chi connectivity index (χ0n) is 17.7. The highest BCUT2D eigenvalue weighted by molar-refractivity contribution is 7.17. The van der Waals surface area contributed by atoms with E-state index in [1.165, 1.54) is 43.4 Å². The minimum Gasteiger partial charge on any atom is -0.138 e. The summed E-state index contributed by atoms with van der Waals surface area (Å²) in [6.45, 7) is 0. The van der Waals surface area contributed by atoms with E-state index in [4.69, 9.17) is 0 Å². The molecule has 0 saturated carbocycles. The predicted octanol–water partition coefficient (Wildman–Crippen LogP) is 8.44. The van der Waals surface area contributed by atoms with Crippen LogP contribution in [0.1, 0.15) is 0 Å². The molecule has 0 unspecified atom stereocenters. The second-order valence-electron chi connectivity index (χ2n) is 8.33. The first-order valence-electron chi connectivity index (χ1n) is 11.0. The smallest absolute Gasteiger partial charge is 0.138 e. The van der Waals surface area contributed by atoms with Crippen molar-refractivity contribution in [2.24, 2.45) is 0 Å². The molecule has 0 bridgehead atoms. The van der Waals surface area contributed by atoms with Crippen LogP contribution in [0.2, 0.25) is 0 Å². The maximum absolute atomic E-state index is 4.45. The highest BCUT2D eigenvalue weighted by atomic mass is 32.1. The van der Waals surface area contributed by atoms with E-state index in [2.05, 4.69) is 101 Å². The minimum absolute atomic E-state index is 0.940. The van der Waals surface area contributed by atoms with Crippen molar-refractivity contribution in [3.05, 3.63) is 109 Å². The van der Waals surface area contributed by atoms with Crippen LogP contribution in [0.15, 0.2) is 109 Å². The first-order valence-corrected chi connectivity index (χ1v) is 11.8. The molecule has 2 nitrogen and oxygen atoms in total. The maximum Gasteiger partial charge on any atom is 0.148 e. The van der Waals surface area contributed by atoms with Crippen molar-refractivity contribution in [3.8, 4) is 32.3 Å². The van der Waals surface area contributed by atoms with Gasteiger partial charge in [-0.05, 0) is 49.5 Å². The molecule has 0 radical (unpaired) electrons. The summed E-state index contributed by atoms with van der Waals surface area (Å²) in [5, 5.41) is 18.6. The van der Waals surface area contributed by atoms with E-state index < -0.39 is 0 Å². The van der Waals surface area contributed by atoms with Gasteiger partial charge in [-0.15, -0.1) is 10.2 Å². The quantitative estimate of drug-likeness (QED) is 0.259. The van der Waals surface area contributed by atoms with E-state index in [0.29, 0.717) is 0 Å². The zero-order chi connectivity index (χ0) is 21.8.